The van der Waals surface area contributed by atoms with Gasteiger partial charge in [-0.05, 0) is 6.42 Å². The number of carboxylic acids is 1. The first kappa shape index (κ1) is 11.5. The van der Waals surface area contributed by atoms with Crippen molar-refractivity contribution in [3.8, 4) is 0 Å². The van der Waals surface area contributed by atoms with Gasteiger partial charge in [-0.15, -0.1) is 0 Å². The summed E-state index contributed by atoms with van der Waals surface area (Å²) in [6, 6.07) is 0. The van der Waals surface area contributed by atoms with E-state index in [-0.39, 0.29) is 18.7 Å². The first-order valence-electron chi connectivity index (χ1n) is 4.80. The second kappa shape index (κ2) is 5.33. The number of carbonyl (C=O) groups excluding carboxylic acids is 3. The predicted molar refractivity (Wildman–Crippen MR) is 48.5 cm³/mol. The van der Waals surface area contributed by atoms with Crippen LogP contribution < -0.4 is 5.11 Å². The van der Waals surface area contributed by atoms with E-state index in [1.807, 2.05) is 0 Å². The Kier molecular flexibility index (Phi) is 4.08. The first-order chi connectivity index (χ1) is 7.13. The number of carboxylic acid groups (broad SMARTS) is 1. The average Bonchev–Trinajstić information content (AvgIpc) is 2.26. The summed E-state index contributed by atoms with van der Waals surface area (Å²) in [6.45, 7) is 1.98. The molecule has 6 nitrogen and oxygen atoms in total. The number of nitrogens with zero attached hydrogens (tertiary/aromatic N) is 2. The average molecular weight is 213 g/mol. The molecule has 15 heavy (non-hydrogen) atoms. The third-order valence-corrected chi connectivity index (χ3v) is 2.36. The topological polar surface area (TPSA) is 80.8 Å². The van der Waals surface area contributed by atoms with E-state index in [1.165, 1.54) is 0 Å². The van der Waals surface area contributed by atoms with Gasteiger partial charge in [0.05, 0.1) is 0 Å². The maximum absolute atomic E-state index is 11.4. The van der Waals surface area contributed by atoms with Crippen LogP contribution in [0.25, 0.3) is 0 Å². The van der Waals surface area contributed by atoms with Gasteiger partial charge < -0.3 is 19.7 Å². The standard InChI is InChI=1S/C9H14N2O4/c12-7-10-3-5-11(6-4-10)8(13)1-2-9(14)15/h7H,1-6H2,(H,14,15)/p-1. The molecule has 0 unspecified atom stereocenters. The van der Waals surface area contributed by atoms with Gasteiger partial charge in [0.25, 0.3) is 0 Å². The fourth-order valence-corrected chi connectivity index (χ4v) is 1.44. The summed E-state index contributed by atoms with van der Waals surface area (Å²) in [7, 11) is 0. The highest BCUT2D eigenvalue weighted by Crippen LogP contribution is 2.03. The zero-order chi connectivity index (χ0) is 11.3. The molecular weight excluding hydrogens is 200 g/mol. The van der Waals surface area contributed by atoms with E-state index in [0.29, 0.717) is 26.2 Å². The molecule has 0 aromatic rings. The molecule has 84 valence electrons. The second-order valence-electron chi connectivity index (χ2n) is 3.39. The molecule has 2 amide bonds. The number of piperazine rings is 1. The number of rotatable bonds is 4. The predicted octanol–water partition coefficient (Wildman–Crippen LogP) is -2.18. The summed E-state index contributed by atoms with van der Waals surface area (Å²) in [5, 5.41) is 10.1. The Morgan fingerprint density at radius 1 is 1.13 bits per heavy atom. The van der Waals surface area contributed by atoms with Gasteiger partial charge in [0.2, 0.25) is 12.3 Å². The Morgan fingerprint density at radius 3 is 2.20 bits per heavy atom. The van der Waals surface area contributed by atoms with Gasteiger partial charge in [0.1, 0.15) is 0 Å². The largest absolute Gasteiger partial charge is 0.550 e. The van der Waals surface area contributed by atoms with Crippen LogP contribution in [0.15, 0.2) is 0 Å². The van der Waals surface area contributed by atoms with Crippen molar-refractivity contribution in [3.63, 3.8) is 0 Å². The van der Waals surface area contributed by atoms with Crippen molar-refractivity contribution in [1.29, 1.82) is 0 Å². The van der Waals surface area contributed by atoms with Crippen molar-refractivity contribution in [2.45, 2.75) is 12.8 Å². The molecule has 0 bridgehead atoms. The van der Waals surface area contributed by atoms with E-state index >= 15 is 0 Å². The Balaban J connectivity index is 2.29. The molecular formula is C9H13N2O4-. The Labute approximate surface area is 87.5 Å². The van der Waals surface area contributed by atoms with Crippen LogP contribution in [0, 0.1) is 0 Å². The van der Waals surface area contributed by atoms with Gasteiger partial charge in [0, 0.05) is 38.6 Å². The van der Waals surface area contributed by atoms with Crippen LogP contribution in [-0.4, -0.2) is 54.3 Å². The maximum atomic E-state index is 11.4. The lowest BCUT2D eigenvalue weighted by Gasteiger charge is -2.32. The number of hydrogen-bond donors (Lipinski definition) is 0. The van der Waals surface area contributed by atoms with Gasteiger partial charge >= 0.3 is 0 Å². The van der Waals surface area contributed by atoms with E-state index in [1.54, 1.807) is 9.80 Å². The van der Waals surface area contributed by atoms with Crippen molar-refractivity contribution in [3.05, 3.63) is 0 Å². The van der Waals surface area contributed by atoms with Crippen molar-refractivity contribution in [1.82, 2.24) is 9.80 Å². The van der Waals surface area contributed by atoms with Crippen LogP contribution in [0.5, 0.6) is 0 Å². The molecule has 1 heterocycles. The minimum absolute atomic E-state index is 0.0244. The SMILES string of the molecule is O=CN1CCN(C(=O)CCC(=O)[O-])CC1. The maximum Gasteiger partial charge on any atom is 0.223 e. The summed E-state index contributed by atoms with van der Waals surface area (Å²) < 4.78 is 0. The van der Waals surface area contributed by atoms with Crippen LogP contribution >= 0.6 is 0 Å². The Morgan fingerprint density at radius 2 is 1.73 bits per heavy atom. The summed E-state index contributed by atoms with van der Waals surface area (Å²) in [4.78, 5) is 35.1. The lowest BCUT2D eigenvalue weighted by molar-refractivity contribution is -0.305. The highest BCUT2D eigenvalue weighted by Gasteiger charge is 2.19. The third-order valence-electron chi connectivity index (χ3n) is 2.36. The monoisotopic (exact) mass is 213 g/mol. The molecule has 6 heteroatoms. The quantitative estimate of drug-likeness (QED) is 0.497. The number of hydrogen-bond acceptors (Lipinski definition) is 4. The Bertz CT molecular complexity index is 259. The summed E-state index contributed by atoms with van der Waals surface area (Å²) in [5.41, 5.74) is 0. The fraction of sp³-hybridized carbons (Fsp3) is 0.667. The second-order valence-corrected chi connectivity index (χ2v) is 3.39. The Hall–Kier alpha value is -1.59. The van der Waals surface area contributed by atoms with Crippen LogP contribution in [0.2, 0.25) is 0 Å². The molecule has 1 rings (SSSR count). The number of aliphatic carboxylic acids is 1. The van der Waals surface area contributed by atoms with Crippen LogP contribution in [0.1, 0.15) is 12.8 Å². The highest BCUT2D eigenvalue weighted by atomic mass is 16.4. The van der Waals surface area contributed by atoms with Crippen molar-refractivity contribution in [2.24, 2.45) is 0 Å². The van der Waals surface area contributed by atoms with Gasteiger partial charge in [-0.1, -0.05) is 0 Å². The lowest BCUT2D eigenvalue weighted by Crippen LogP contribution is -2.48. The number of carbonyl (C=O) groups is 3. The number of amides is 2. The van der Waals surface area contributed by atoms with E-state index in [2.05, 4.69) is 0 Å². The van der Waals surface area contributed by atoms with Crippen LogP contribution in [0.4, 0.5) is 0 Å². The van der Waals surface area contributed by atoms with Crippen LogP contribution in [0.3, 0.4) is 0 Å². The molecule has 0 atom stereocenters. The van der Waals surface area contributed by atoms with Gasteiger partial charge in [-0.2, -0.15) is 0 Å². The van der Waals surface area contributed by atoms with E-state index in [4.69, 9.17) is 0 Å². The van der Waals surface area contributed by atoms with Crippen LogP contribution in [-0.2, 0) is 14.4 Å². The van der Waals surface area contributed by atoms with Crippen molar-refractivity contribution in [2.75, 3.05) is 26.2 Å². The first-order valence-corrected chi connectivity index (χ1v) is 4.80. The normalized spacial score (nSPS) is 16.3. The smallest absolute Gasteiger partial charge is 0.223 e. The third kappa shape index (κ3) is 3.57. The van der Waals surface area contributed by atoms with Crippen molar-refractivity contribution < 1.29 is 19.5 Å². The molecule has 1 aliphatic heterocycles. The fourth-order valence-electron chi connectivity index (χ4n) is 1.44. The van der Waals surface area contributed by atoms with Gasteiger partial charge in [-0.3, -0.25) is 9.59 Å². The zero-order valence-electron chi connectivity index (χ0n) is 8.35. The highest BCUT2D eigenvalue weighted by molar-refractivity contribution is 5.80. The molecule has 0 aromatic heterocycles. The van der Waals surface area contributed by atoms with Crippen molar-refractivity contribution >= 4 is 18.3 Å². The molecule has 0 aliphatic carbocycles. The molecule has 0 saturated carbocycles. The van der Waals surface area contributed by atoms with Gasteiger partial charge in [0.15, 0.2) is 0 Å². The lowest BCUT2D eigenvalue weighted by atomic mass is 10.2. The van der Waals surface area contributed by atoms with E-state index in [9.17, 15) is 19.5 Å². The summed E-state index contributed by atoms with van der Waals surface area (Å²) in [5.74, 6) is -1.40. The summed E-state index contributed by atoms with van der Waals surface area (Å²) in [6.07, 6.45) is 0.485. The summed E-state index contributed by atoms with van der Waals surface area (Å²) >= 11 is 0. The van der Waals surface area contributed by atoms with E-state index in [0.717, 1.165) is 6.41 Å². The van der Waals surface area contributed by atoms with Gasteiger partial charge in [-0.25, -0.2) is 0 Å². The molecule has 0 aromatic carbocycles. The molecule has 1 saturated heterocycles. The molecule has 0 radical (unpaired) electrons. The minimum Gasteiger partial charge on any atom is -0.550 e. The molecule has 1 fully saturated rings. The van der Waals surface area contributed by atoms with E-state index < -0.39 is 5.97 Å². The minimum atomic E-state index is -1.21. The molecule has 0 spiro atoms. The zero-order valence-corrected chi connectivity index (χ0v) is 8.35. The molecule has 0 N–H and O–H groups in total. The molecule has 1 aliphatic rings.